The molecule has 0 amide bonds. The molecule has 1 saturated heterocycles. The van der Waals surface area contributed by atoms with E-state index in [1.165, 1.54) is 0 Å². The maximum Gasteiger partial charge on any atom is 0.329 e. The van der Waals surface area contributed by atoms with Gasteiger partial charge in [0.1, 0.15) is 12.4 Å². The molecule has 1 unspecified atom stereocenters. The van der Waals surface area contributed by atoms with Crippen molar-refractivity contribution in [1.82, 2.24) is 14.5 Å². The van der Waals surface area contributed by atoms with Crippen molar-refractivity contribution < 1.29 is 14.6 Å². The van der Waals surface area contributed by atoms with E-state index in [0.717, 1.165) is 29.7 Å². The average Bonchev–Trinajstić information content (AvgIpc) is 3.11. The van der Waals surface area contributed by atoms with E-state index < -0.39 is 5.97 Å². The zero-order chi connectivity index (χ0) is 20.1. The summed E-state index contributed by atoms with van der Waals surface area (Å²) < 4.78 is 7.33. The Morgan fingerprint density at radius 3 is 2.93 bits per heavy atom. The normalized spacial score (nSPS) is 22.8. The van der Waals surface area contributed by atoms with Crippen LogP contribution in [-0.4, -0.2) is 50.9 Å². The predicted octanol–water partition coefficient (Wildman–Crippen LogP) is 3.80. The van der Waals surface area contributed by atoms with Gasteiger partial charge in [-0.3, -0.25) is 0 Å². The summed E-state index contributed by atoms with van der Waals surface area (Å²) in [5.41, 5.74) is 1.55. The van der Waals surface area contributed by atoms with Crippen LogP contribution < -0.4 is 4.90 Å². The fraction of sp³-hybridized carbons (Fsp3) is 0.350. The van der Waals surface area contributed by atoms with Gasteiger partial charge in [0.25, 0.3) is 0 Å². The van der Waals surface area contributed by atoms with Crippen LogP contribution in [0.25, 0.3) is 16.6 Å². The van der Waals surface area contributed by atoms with Gasteiger partial charge in [-0.2, -0.15) is 0 Å². The molecule has 150 valence electrons. The number of nitrogens with zero attached hydrogens (tertiary/aromatic N) is 4. The van der Waals surface area contributed by atoms with Gasteiger partial charge in [-0.1, -0.05) is 23.2 Å². The van der Waals surface area contributed by atoms with Crippen molar-refractivity contribution in [2.75, 3.05) is 18.1 Å². The Labute approximate surface area is 176 Å². The van der Waals surface area contributed by atoms with Crippen LogP contribution in [-0.2, 0) is 9.53 Å². The van der Waals surface area contributed by atoms with Gasteiger partial charge in [-0.25, -0.2) is 14.8 Å². The Balaban J connectivity index is 1.59. The molecule has 0 bridgehead atoms. The van der Waals surface area contributed by atoms with Gasteiger partial charge in [-0.15, -0.1) is 0 Å². The van der Waals surface area contributed by atoms with E-state index in [4.69, 9.17) is 38.0 Å². The van der Waals surface area contributed by atoms with Crippen LogP contribution in [0, 0.1) is 5.92 Å². The number of ether oxygens (including phenoxy) is 1. The van der Waals surface area contributed by atoms with Gasteiger partial charge in [-0.05, 0) is 30.9 Å². The molecule has 9 heteroatoms. The minimum absolute atomic E-state index is 0.0802. The van der Waals surface area contributed by atoms with E-state index >= 15 is 0 Å². The van der Waals surface area contributed by atoms with E-state index in [-0.39, 0.29) is 12.6 Å². The van der Waals surface area contributed by atoms with Crippen LogP contribution in [0.4, 0.5) is 5.82 Å². The van der Waals surface area contributed by atoms with Crippen molar-refractivity contribution in [3.05, 3.63) is 47.0 Å². The second-order valence-electron chi connectivity index (χ2n) is 7.50. The van der Waals surface area contributed by atoms with Crippen molar-refractivity contribution in [1.29, 1.82) is 0 Å². The van der Waals surface area contributed by atoms with Crippen LogP contribution in [0.5, 0.6) is 0 Å². The lowest BCUT2D eigenvalue weighted by atomic mass is 10.1. The smallest absolute Gasteiger partial charge is 0.329 e. The standard InChI is InChI=1S/C20H18Cl2N4O3/c21-14-2-1-13-16(25-4-3-23-10-25)7-17(24-20(13)19(14)22)26-12(5-11-6-15(11)26)8-29-9-18(27)28/h1-4,7,10-12,15H,5-6,8-9H2,(H,27,28)/t11?,12-,15-/m0/s1. The maximum absolute atomic E-state index is 10.8. The monoisotopic (exact) mass is 432 g/mol. The predicted molar refractivity (Wildman–Crippen MR) is 110 cm³/mol. The first-order valence-corrected chi connectivity index (χ1v) is 10.1. The molecule has 3 aromatic rings. The van der Waals surface area contributed by atoms with E-state index in [1.54, 1.807) is 18.6 Å². The van der Waals surface area contributed by atoms with Gasteiger partial charge >= 0.3 is 5.97 Å². The highest BCUT2D eigenvalue weighted by Crippen LogP contribution is 2.50. The van der Waals surface area contributed by atoms with Gasteiger partial charge in [0.2, 0.25) is 0 Å². The fourth-order valence-corrected chi connectivity index (χ4v) is 4.66. The number of carboxylic acid groups (broad SMARTS) is 1. The topological polar surface area (TPSA) is 80.5 Å². The number of benzene rings is 1. The summed E-state index contributed by atoms with van der Waals surface area (Å²) in [4.78, 5) is 22.1. The Morgan fingerprint density at radius 1 is 1.31 bits per heavy atom. The molecule has 0 spiro atoms. The minimum atomic E-state index is -0.965. The van der Waals surface area contributed by atoms with Crippen molar-refractivity contribution in [2.45, 2.75) is 24.9 Å². The van der Waals surface area contributed by atoms with Gasteiger partial charge in [0, 0.05) is 29.9 Å². The molecule has 3 atom stereocenters. The number of pyridine rings is 1. The zero-order valence-electron chi connectivity index (χ0n) is 15.3. The first kappa shape index (κ1) is 18.7. The van der Waals surface area contributed by atoms with Gasteiger partial charge < -0.3 is 19.3 Å². The van der Waals surface area contributed by atoms with Crippen LogP contribution in [0.1, 0.15) is 12.8 Å². The van der Waals surface area contributed by atoms with E-state index in [2.05, 4.69) is 9.88 Å². The number of imidazole rings is 1. The van der Waals surface area contributed by atoms with Crippen LogP contribution in [0.15, 0.2) is 36.9 Å². The number of hydrogen-bond donors (Lipinski definition) is 1. The molecule has 5 rings (SSSR count). The molecule has 29 heavy (non-hydrogen) atoms. The Kier molecular flexibility index (Phi) is 4.61. The average molecular weight is 433 g/mol. The molecule has 7 nitrogen and oxygen atoms in total. The molecule has 1 N–H and O–H groups in total. The van der Waals surface area contributed by atoms with Gasteiger partial charge in [0.05, 0.1) is 40.2 Å². The first-order chi connectivity index (χ1) is 14.0. The van der Waals surface area contributed by atoms with Crippen molar-refractivity contribution in [2.24, 2.45) is 5.92 Å². The lowest BCUT2D eigenvalue weighted by molar-refractivity contribution is -0.142. The highest BCUT2D eigenvalue weighted by Gasteiger charge is 2.52. The van der Waals surface area contributed by atoms with E-state index in [0.29, 0.717) is 34.1 Å². The second kappa shape index (κ2) is 7.16. The number of anilines is 1. The molecule has 1 saturated carbocycles. The number of hydrogen-bond acceptors (Lipinski definition) is 5. The largest absolute Gasteiger partial charge is 0.480 e. The maximum atomic E-state index is 10.8. The molecule has 1 aliphatic heterocycles. The third-order valence-corrected chi connectivity index (χ3v) is 6.43. The van der Waals surface area contributed by atoms with E-state index in [1.807, 2.05) is 22.9 Å². The number of aromatic nitrogens is 3. The fourth-order valence-electron chi connectivity index (χ4n) is 4.30. The minimum Gasteiger partial charge on any atom is -0.480 e. The van der Waals surface area contributed by atoms with E-state index in [9.17, 15) is 4.79 Å². The lowest BCUT2D eigenvalue weighted by Gasteiger charge is -2.29. The molecule has 2 aromatic heterocycles. The van der Waals surface area contributed by atoms with Crippen LogP contribution in [0.3, 0.4) is 0 Å². The second-order valence-corrected chi connectivity index (χ2v) is 8.28. The summed E-state index contributed by atoms with van der Waals surface area (Å²) in [7, 11) is 0. The van der Waals surface area contributed by atoms with Crippen molar-refractivity contribution in [3.8, 4) is 5.69 Å². The number of carbonyl (C=O) groups is 1. The molecule has 2 aliphatic rings. The number of fused-ring (bicyclic) bond motifs is 2. The number of carboxylic acids is 1. The number of piperidine rings is 1. The van der Waals surface area contributed by atoms with Crippen molar-refractivity contribution >= 4 is 45.9 Å². The molecule has 0 radical (unpaired) electrons. The molecular weight excluding hydrogens is 415 g/mol. The summed E-state index contributed by atoms with van der Waals surface area (Å²) in [5, 5.41) is 10.6. The summed E-state index contributed by atoms with van der Waals surface area (Å²) in [5.74, 6) is 0.420. The lowest BCUT2D eigenvalue weighted by Crippen LogP contribution is -2.37. The third-order valence-electron chi connectivity index (χ3n) is 5.63. The molecule has 1 aromatic carbocycles. The van der Waals surface area contributed by atoms with Crippen LogP contribution in [0.2, 0.25) is 10.0 Å². The molecule has 2 fully saturated rings. The quantitative estimate of drug-likeness (QED) is 0.637. The highest BCUT2D eigenvalue weighted by molar-refractivity contribution is 6.45. The Bertz CT molecular complexity index is 1090. The SMILES string of the molecule is O=C(O)COC[C@@H]1CC2C[C@@H]2N1c1cc(-n2ccnc2)c2ccc(Cl)c(Cl)c2n1. The summed E-state index contributed by atoms with van der Waals surface area (Å²) in [6, 6.07) is 6.18. The van der Waals surface area contributed by atoms with Crippen molar-refractivity contribution in [3.63, 3.8) is 0 Å². The Morgan fingerprint density at radius 2 is 2.17 bits per heavy atom. The molecular formula is C20H18Cl2N4O3. The number of aliphatic carboxylic acids is 1. The van der Waals surface area contributed by atoms with Gasteiger partial charge in [0.15, 0.2) is 0 Å². The molecule has 3 heterocycles. The number of halogens is 2. The molecule has 1 aliphatic carbocycles. The summed E-state index contributed by atoms with van der Waals surface area (Å²) in [6.07, 6.45) is 7.40. The Hall–Kier alpha value is -2.35. The summed E-state index contributed by atoms with van der Waals surface area (Å²) >= 11 is 12.8. The third kappa shape index (κ3) is 3.33. The number of rotatable bonds is 6. The zero-order valence-corrected chi connectivity index (χ0v) is 16.8. The summed E-state index contributed by atoms with van der Waals surface area (Å²) in [6.45, 7) is 0.0508. The highest BCUT2D eigenvalue weighted by atomic mass is 35.5. The van der Waals surface area contributed by atoms with Crippen LogP contribution >= 0.6 is 23.2 Å². The first-order valence-electron chi connectivity index (χ1n) is 9.38.